The van der Waals surface area contributed by atoms with Crippen molar-refractivity contribution in [2.45, 2.75) is 45.6 Å². The van der Waals surface area contributed by atoms with Gasteiger partial charge in [0.05, 0.1) is 6.04 Å². The molecular formula is C13H27N3O. The predicted molar refractivity (Wildman–Crippen MR) is 71.1 cm³/mol. The van der Waals surface area contributed by atoms with Crippen LogP contribution in [0.25, 0.3) is 0 Å². The van der Waals surface area contributed by atoms with Gasteiger partial charge in [-0.25, -0.2) is 0 Å². The summed E-state index contributed by atoms with van der Waals surface area (Å²) in [4.78, 5) is 14.2. The minimum Gasteiger partial charge on any atom is -0.353 e. The number of likely N-dealkylation sites (N-methyl/N-ethyl adjacent to an activating group) is 1. The molecule has 1 unspecified atom stereocenters. The molecular weight excluding hydrogens is 214 g/mol. The molecule has 4 nitrogen and oxygen atoms in total. The second kappa shape index (κ2) is 8.48. The van der Waals surface area contributed by atoms with Crippen molar-refractivity contribution in [2.24, 2.45) is 0 Å². The highest BCUT2D eigenvalue weighted by atomic mass is 16.2. The largest absolute Gasteiger partial charge is 0.353 e. The van der Waals surface area contributed by atoms with Crippen LogP contribution in [0.5, 0.6) is 0 Å². The second-order valence-electron chi connectivity index (χ2n) is 4.73. The van der Waals surface area contributed by atoms with Crippen LogP contribution >= 0.6 is 0 Å². The summed E-state index contributed by atoms with van der Waals surface area (Å²) < 4.78 is 0. The van der Waals surface area contributed by atoms with Gasteiger partial charge < -0.3 is 15.5 Å². The summed E-state index contributed by atoms with van der Waals surface area (Å²) in [7, 11) is 0. The molecule has 1 fully saturated rings. The van der Waals surface area contributed by atoms with E-state index in [1.165, 1.54) is 19.3 Å². The summed E-state index contributed by atoms with van der Waals surface area (Å²) >= 11 is 0. The zero-order chi connectivity index (χ0) is 12.5. The summed E-state index contributed by atoms with van der Waals surface area (Å²) in [5.41, 5.74) is 0. The fourth-order valence-corrected chi connectivity index (χ4v) is 2.28. The van der Waals surface area contributed by atoms with Gasteiger partial charge in [-0.3, -0.25) is 4.79 Å². The maximum absolute atomic E-state index is 11.8. The van der Waals surface area contributed by atoms with Crippen LogP contribution in [0.15, 0.2) is 0 Å². The maximum Gasteiger partial charge on any atom is 0.237 e. The summed E-state index contributed by atoms with van der Waals surface area (Å²) in [5.74, 6) is 0.178. The van der Waals surface area contributed by atoms with Gasteiger partial charge in [-0.2, -0.15) is 0 Å². The fraction of sp³-hybridized carbons (Fsp3) is 0.923. The van der Waals surface area contributed by atoms with E-state index in [-0.39, 0.29) is 11.9 Å². The Labute approximate surface area is 105 Å². The molecule has 2 N–H and O–H groups in total. The first kappa shape index (κ1) is 14.5. The summed E-state index contributed by atoms with van der Waals surface area (Å²) in [6.07, 6.45) is 4.52. The minimum atomic E-state index is 0.0463. The number of nitrogens with one attached hydrogen (secondary N) is 2. The fourth-order valence-electron chi connectivity index (χ4n) is 2.28. The van der Waals surface area contributed by atoms with Crippen molar-refractivity contribution >= 4 is 5.91 Å². The van der Waals surface area contributed by atoms with E-state index < -0.39 is 0 Å². The average molecular weight is 241 g/mol. The third-order valence-corrected chi connectivity index (χ3v) is 3.34. The Bertz CT molecular complexity index is 215. The van der Waals surface area contributed by atoms with Crippen LogP contribution < -0.4 is 10.6 Å². The van der Waals surface area contributed by atoms with Gasteiger partial charge in [0.1, 0.15) is 0 Å². The summed E-state index contributed by atoms with van der Waals surface area (Å²) in [5, 5.41) is 6.30. The highest BCUT2D eigenvalue weighted by Gasteiger charge is 2.19. The normalized spacial score (nSPS) is 20.5. The van der Waals surface area contributed by atoms with Gasteiger partial charge in [0.25, 0.3) is 0 Å². The van der Waals surface area contributed by atoms with Crippen LogP contribution in [0.2, 0.25) is 0 Å². The molecule has 1 rings (SSSR count). The Balaban J connectivity index is 2.14. The van der Waals surface area contributed by atoms with E-state index in [1.54, 1.807) is 0 Å². The van der Waals surface area contributed by atoms with E-state index in [9.17, 15) is 4.79 Å². The van der Waals surface area contributed by atoms with Gasteiger partial charge in [0, 0.05) is 13.1 Å². The third-order valence-electron chi connectivity index (χ3n) is 3.34. The van der Waals surface area contributed by atoms with E-state index in [2.05, 4.69) is 29.4 Å². The molecule has 0 saturated carbocycles. The van der Waals surface area contributed by atoms with Crippen LogP contribution in [0, 0.1) is 0 Å². The van der Waals surface area contributed by atoms with E-state index in [0.29, 0.717) is 0 Å². The second-order valence-corrected chi connectivity index (χ2v) is 4.73. The van der Waals surface area contributed by atoms with E-state index in [1.807, 2.05) is 0 Å². The van der Waals surface area contributed by atoms with Crippen LogP contribution in [0.1, 0.15) is 39.5 Å². The molecule has 0 aromatic rings. The molecule has 0 aromatic carbocycles. The van der Waals surface area contributed by atoms with Crippen LogP contribution in [-0.4, -0.2) is 49.6 Å². The average Bonchev–Trinajstić information content (AvgIpc) is 2.38. The van der Waals surface area contributed by atoms with Crippen molar-refractivity contribution in [1.29, 1.82) is 0 Å². The quantitative estimate of drug-likeness (QED) is 0.698. The highest BCUT2D eigenvalue weighted by molar-refractivity contribution is 5.81. The third kappa shape index (κ3) is 5.50. The number of piperidine rings is 1. The van der Waals surface area contributed by atoms with Crippen molar-refractivity contribution in [3.8, 4) is 0 Å². The van der Waals surface area contributed by atoms with Gasteiger partial charge in [-0.05, 0) is 38.9 Å². The summed E-state index contributed by atoms with van der Waals surface area (Å²) in [6.45, 7) is 9.25. The molecule has 4 heteroatoms. The Morgan fingerprint density at radius 1 is 1.35 bits per heavy atom. The first-order valence-electron chi connectivity index (χ1n) is 7.01. The molecule has 100 valence electrons. The van der Waals surface area contributed by atoms with Crippen LogP contribution in [0.3, 0.4) is 0 Å². The van der Waals surface area contributed by atoms with E-state index in [4.69, 9.17) is 0 Å². The minimum absolute atomic E-state index is 0.0463. The lowest BCUT2D eigenvalue weighted by Crippen LogP contribution is -2.48. The maximum atomic E-state index is 11.8. The number of carbonyl (C=O) groups is 1. The molecule has 1 amide bonds. The van der Waals surface area contributed by atoms with Gasteiger partial charge in [-0.1, -0.05) is 20.3 Å². The number of hydrogen-bond donors (Lipinski definition) is 2. The first-order chi connectivity index (χ1) is 8.27. The van der Waals surface area contributed by atoms with Gasteiger partial charge >= 0.3 is 0 Å². The van der Waals surface area contributed by atoms with Gasteiger partial charge in [-0.15, -0.1) is 0 Å². The van der Waals surface area contributed by atoms with Crippen LogP contribution in [0.4, 0.5) is 0 Å². The molecule has 17 heavy (non-hydrogen) atoms. The van der Waals surface area contributed by atoms with E-state index in [0.717, 1.165) is 39.1 Å². The van der Waals surface area contributed by atoms with Crippen molar-refractivity contribution in [2.75, 3.05) is 32.7 Å². The number of nitrogens with zero attached hydrogens (tertiary/aromatic N) is 1. The van der Waals surface area contributed by atoms with Crippen molar-refractivity contribution in [3.05, 3.63) is 0 Å². The molecule has 1 saturated heterocycles. The van der Waals surface area contributed by atoms with E-state index >= 15 is 0 Å². The number of hydrogen-bond acceptors (Lipinski definition) is 3. The molecule has 0 aromatic heterocycles. The Morgan fingerprint density at radius 3 is 2.76 bits per heavy atom. The topological polar surface area (TPSA) is 44.4 Å². The number of carbonyl (C=O) groups excluding carboxylic acids is 1. The molecule has 1 aliphatic heterocycles. The lowest BCUT2D eigenvalue weighted by Gasteiger charge is -2.24. The van der Waals surface area contributed by atoms with Crippen molar-refractivity contribution < 1.29 is 4.79 Å². The van der Waals surface area contributed by atoms with Gasteiger partial charge in [0.2, 0.25) is 5.91 Å². The molecule has 1 heterocycles. The Kier molecular flexibility index (Phi) is 7.21. The standard InChI is InChI=1S/C13H27N3O/c1-3-10-16(4-2)11-9-15-13(17)12-7-5-6-8-14-12/h12,14H,3-11H2,1-2H3,(H,15,17). The zero-order valence-electron chi connectivity index (χ0n) is 11.3. The molecule has 0 aliphatic carbocycles. The molecule has 0 bridgehead atoms. The zero-order valence-corrected chi connectivity index (χ0v) is 11.3. The lowest BCUT2D eigenvalue weighted by atomic mass is 10.0. The number of rotatable bonds is 7. The van der Waals surface area contributed by atoms with Crippen molar-refractivity contribution in [3.63, 3.8) is 0 Å². The van der Waals surface area contributed by atoms with Crippen molar-refractivity contribution in [1.82, 2.24) is 15.5 Å². The number of amides is 1. The Hall–Kier alpha value is -0.610. The molecule has 0 spiro atoms. The smallest absolute Gasteiger partial charge is 0.237 e. The molecule has 1 atom stereocenters. The molecule has 0 radical (unpaired) electrons. The first-order valence-corrected chi connectivity index (χ1v) is 7.01. The molecule has 1 aliphatic rings. The predicted octanol–water partition coefficient (Wildman–Crippen LogP) is 0.977. The summed E-state index contributed by atoms with van der Waals surface area (Å²) in [6, 6.07) is 0.0463. The van der Waals surface area contributed by atoms with Gasteiger partial charge in [0.15, 0.2) is 0 Å². The highest BCUT2D eigenvalue weighted by Crippen LogP contribution is 2.06. The monoisotopic (exact) mass is 241 g/mol. The lowest BCUT2D eigenvalue weighted by molar-refractivity contribution is -0.123. The Morgan fingerprint density at radius 2 is 2.18 bits per heavy atom. The SMILES string of the molecule is CCCN(CC)CCNC(=O)C1CCCCN1. The van der Waals surface area contributed by atoms with Crippen LogP contribution in [-0.2, 0) is 4.79 Å².